The van der Waals surface area contributed by atoms with Crippen molar-refractivity contribution in [1.29, 1.82) is 5.26 Å². The average Bonchev–Trinajstić information content (AvgIpc) is 3.14. The van der Waals surface area contributed by atoms with Crippen LogP contribution in [-0.4, -0.2) is 25.2 Å². The van der Waals surface area contributed by atoms with Gasteiger partial charge in [0.15, 0.2) is 5.82 Å². The van der Waals surface area contributed by atoms with Crippen molar-refractivity contribution in [2.24, 2.45) is 0 Å². The highest BCUT2D eigenvalue weighted by molar-refractivity contribution is 6.04. The summed E-state index contributed by atoms with van der Waals surface area (Å²) >= 11 is 0. The molecule has 0 atom stereocenters. The van der Waals surface area contributed by atoms with Gasteiger partial charge in [-0.05, 0) is 32.0 Å². The lowest BCUT2D eigenvalue weighted by atomic mass is 10.2. The Hall–Kier alpha value is -3.60. The van der Waals surface area contributed by atoms with Crippen LogP contribution in [0.4, 0.5) is 5.82 Å². The number of aromatic amines is 1. The molecule has 0 bridgehead atoms. The highest BCUT2D eigenvalue weighted by atomic mass is 16.2. The predicted octanol–water partition coefficient (Wildman–Crippen LogP) is 2.14. The predicted molar refractivity (Wildman–Crippen MR) is 96.3 cm³/mol. The standard InChI is InChI=1S/C18H18N6O2/c1-12-9-16(22-23(12)8-4-7-19)21-17(25)14-5-3-6-15(10-14)24-13(2)11-20-18(24)26/h3,5-6,9-11H,4,8H2,1-2H3,(H,20,26)(H,21,22,25). The molecule has 0 radical (unpaired) electrons. The molecule has 0 unspecified atom stereocenters. The van der Waals surface area contributed by atoms with E-state index in [0.29, 0.717) is 30.0 Å². The second-order valence-corrected chi connectivity index (χ2v) is 5.88. The van der Waals surface area contributed by atoms with Crippen molar-refractivity contribution in [3.05, 3.63) is 64.0 Å². The maximum atomic E-state index is 12.5. The van der Waals surface area contributed by atoms with Crippen LogP contribution in [0.3, 0.4) is 0 Å². The number of nitriles is 1. The van der Waals surface area contributed by atoms with Gasteiger partial charge in [-0.25, -0.2) is 4.79 Å². The summed E-state index contributed by atoms with van der Waals surface area (Å²) in [7, 11) is 0. The smallest absolute Gasteiger partial charge is 0.312 e. The number of aryl methyl sites for hydroxylation is 3. The molecule has 2 aromatic heterocycles. The van der Waals surface area contributed by atoms with E-state index in [1.165, 1.54) is 4.57 Å². The maximum absolute atomic E-state index is 12.5. The molecule has 2 N–H and O–H groups in total. The molecule has 0 aliphatic rings. The van der Waals surface area contributed by atoms with Gasteiger partial charge >= 0.3 is 5.69 Å². The second-order valence-electron chi connectivity index (χ2n) is 5.88. The quantitative estimate of drug-likeness (QED) is 0.735. The highest BCUT2D eigenvalue weighted by Crippen LogP contribution is 2.14. The van der Waals surface area contributed by atoms with Crippen LogP contribution in [0.1, 0.15) is 28.2 Å². The van der Waals surface area contributed by atoms with E-state index in [1.807, 2.05) is 6.92 Å². The van der Waals surface area contributed by atoms with Crippen LogP contribution in [0, 0.1) is 25.2 Å². The molecule has 8 heteroatoms. The van der Waals surface area contributed by atoms with Crippen molar-refractivity contribution in [3.63, 3.8) is 0 Å². The van der Waals surface area contributed by atoms with E-state index in [2.05, 4.69) is 21.5 Å². The van der Waals surface area contributed by atoms with Gasteiger partial charge in [0, 0.05) is 29.2 Å². The zero-order chi connectivity index (χ0) is 18.7. The summed E-state index contributed by atoms with van der Waals surface area (Å²) in [5.41, 5.74) is 2.38. The molecule has 8 nitrogen and oxygen atoms in total. The van der Waals surface area contributed by atoms with Crippen LogP contribution in [0.15, 0.2) is 41.3 Å². The Morgan fingerprint density at radius 1 is 1.31 bits per heavy atom. The number of nitrogens with zero attached hydrogens (tertiary/aromatic N) is 4. The van der Waals surface area contributed by atoms with Gasteiger partial charge in [-0.2, -0.15) is 10.4 Å². The van der Waals surface area contributed by atoms with Crippen molar-refractivity contribution < 1.29 is 4.79 Å². The number of H-pyrrole nitrogens is 1. The van der Waals surface area contributed by atoms with E-state index in [4.69, 9.17) is 5.26 Å². The van der Waals surface area contributed by atoms with Crippen molar-refractivity contribution in [3.8, 4) is 11.8 Å². The maximum Gasteiger partial charge on any atom is 0.330 e. The van der Waals surface area contributed by atoms with Gasteiger partial charge in [-0.15, -0.1) is 0 Å². The number of rotatable bonds is 5. The van der Waals surface area contributed by atoms with E-state index in [-0.39, 0.29) is 11.6 Å². The third kappa shape index (κ3) is 3.42. The van der Waals surface area contributed by atoms with Crippen LogP contribution in [-0.2, 0) is 6.54 Å². The minimum absolute atomic E-state index is 0.257. The first-order valence-electron chi connectivity index (χ1n) is 8.10. The number of carbonyl (C=O) groups excluding carboxylic acids is 1. The van der Waals surface area contributed by atoms with Gasteiger partial charge in [0.1, 0.15) is 0 Å². The number of aromatic nitrogens is 4. The molecule has 0 aliphatic carbocycles. The lowest BCUT2D eigenvalue weighted by Gasteiger charge is -2.07. The summed E-state index contributed by atoms with van der Waals surface area (Å²) < 4.78 is 3.18. The number of hydrogen-bond donors (Lipinski definition) is 2. The van der Waals surface area contributed by atoms with Crippen LogP contribution in [0.5, 0.6) is 0 Å². The lowest BCUT2D eigenvalue weighted by Crippen LogP contribution is -2.17. The van der Waals surface area contributed by atoms with Crippen LogP contribution in [0.25, 0.3) is 5.69 Å². The van der Waals surface area contributed by atoms with Gasteiger partial charge in [-0.3, -0.25) is 14.0 Å². The Balaban J connectivity index is 1.82. The third-order valence-electron chi connectivity index (χ3n) is 3.99. The van der Waals surface area contributed by atoms with Crippen molar-refractivity contribution in [2.75, 3.05) is 5.32 Å². The van der Waals surface area contributed by atoms with Crippen LogP contribution < -0.4 is 11.0 Å². The average molecular weight is 350 g/mol. The molecule has 0 saturated heterocycles. The summed E-state index contributed by atoms with van der Waals surface area (Å²) in [4.78, 5) is 27.1. The molecule has 26 heavy (non-hydrogen) atoms. The van der Waals surface area contributed by atoms with E-state index in [0.717, 1.165) is 11.4 Å². The van der Waals surface area contributed by atoms with Crippen molar-refractivity contribution in [1.82, 2.24) is 19.3 Å². The first-order valence-corrected chi connectivity index (χ1v) is 8.10. The minimum atomic E-state index is -0.321. The highest BCUT2D eigenvalue weighted by Gasteiger charge is 2.12. The molecule has 0 aliphatic heterocycles. The van der Waals surface area contributed by atoms with Gasteiger partial charge in [0.2, 0.25) is 0 Å². The number of anilines is 1. The fourth-order valence-electron chi connectivity index (χ4n) is 2.70. The fraction of sp³-hybridized carbons (Fsp3) is 0.222. The monoisotopic (exact) mass is 350 g/mol. The third-order valence-corrected chi connectivity index (χ3v) is 3.99. The summed E-state index contributed by atoms with van der Waals surface area (Å²) in [5.74, 6) is 0.101. The second kappa shape index (κ2) is 7.11. The van der Waals surface area contributed by atoms with Crippen LogP contribution in [0.2, 0.25) is 0 Å². The summed E-state index contributed by atoms with van der Waals surface area (Å²) in [6.45, 7) is 4.15. The van der Waals surface area contributed by atoms with Crippen molar-refractivity contribution in [2.45, 2.75) is 26.8 Å². The Morgan fingerprint density at radius 3 is 2.81 bits per heavy atom. The van der Waals surface area contributed by atoms with Gasteiger partial charge in [-0.1, -0.05) is 6.07 Å². The van der Waals surface area contributed by atoms with Crippen molar-refractivity contribution >= 4 is 11.7 Å². The normalized spacial score (nSPS) is 10.5. The van der Waals surface area contributed by atoms with E-state index in [9.17, 15) is 9.59 Å². The molecule has 0 fully saturated rings. The topological polar surface area (TPSA) is 108 Å². The molecule has 0 spiro atoms. The molecule has 0 saturated carbocycles. The first kappa shape index (κ1) is 17.2. The van der Waals surface area contributed by atoms with E-state index in [1.54, 1.807) is 48.1 Å². The summed E-state index contributed by atoms with van der Waals surface area (Å²) in [6.07, 6.45) is 1.97. The number of hydrogen-bond acceptors (Lipinski definition) is 4. The summed E-state index contributed by atoms with van der Waals surface area (Å²) in [5, 5.41) is 15.7. The minimum Gasteiger partial charge on any atom is -0.312 e. The SMILES string of the molecule is Cc1cc(NC(=O)c2cccc(-n3c(C)c[nH]c3=O)c2)nn1CCC#N. The van der Waals surface area contributed by atoms with Gasteiger partial charge in [0.05, 0.1) is 24.7 Å². The van der Waals surface area contributed by atoms with Crippen LogP contribution >= 0.6 is 0 Å². The molecule has 3 rings (SSSR count). The molecule has 1 amide bonds. The number of benzene rings is 1. The molecular weight excluding hydrogens is 332 g/mol. The lowest BCUT2D eigenvalue weighted by molar-refractivity contribution is 0.102. The Kier molecular flexibility index (Phi) is 4.71. The molecule has 1 aromatic carbocycles. The zero-order valence-corrected chi connectivity index (χ0v) is 14.5. The van der Waals surface area contributed by atoms with Gasteiger partial charge < -0.3 is 10.3 Å². The first-order chi connectivity index (χ1) is 12.5. The fourth-order valence-corrected chi connectivity index (χ4v) is 2.70. The molecular formula is C18H18N6O2. The Labute approximate surface area is 149 Å². The number of nitrogens with one attached hydrogen (secondary N) is 2. The van der Waals surface area contributed by atoms with E-state index >= 15 is 0 Å². The molecule has 3 aromatic rings. The molecule has 2 heterocycles. The number of imidazole rings is 1. The Bertz CT molecular complexity index is 1050. The number of amides is 1. The Morgan fingerprint density at radius 2 is 2.12 bits per heavy atom. The summed E-state index contributed by atoms with van der Waals surface area (Å²) in [6, 6.07) is 10.6. The number of carbonyl (C=O) groups is 1. The zero-order valence-electron chi connectivity index (χ0n) is 14.5. The molecule has 132 valence electrons. The largest absolute Gasteiger partial charge is 0.330 e. The van der Waals surface area contributed by atoms with Gasteiger partial charge in [0.25, 0.3) is 5.91 Å². The van der Waals surface area contributed by atoms with E-state index < -0.39 is 0 Å².